The Balaban J connectivity index is 2.23. The molecule has 0 atom stereocenters. The molecule has 0 N–H and O–H groups in total. The third-order valence-corrected chi connectivity index (χ3v) is 5.02. The lowest BCUT2D eigenvalue weighted by atomic mass is 9.94. The molecule has 0 amide bonds. The van der Waals surface area contributed by atoms with E-state index in [4.69, 9.17) is 0 Å². The molecule has 1 aromatic rings. The van der Waals surface area contributed by atoms with Crippen LogP contribution >= 0.6 is 31.9 Å². The zero-order valence-corrected chi connectivity index (χ0v) is 18.1. The van der Waals surface area contributed by atoms with Crippen LogP contribution in [0.3, 0.4) is 0 Å². The first-order chi connectivity index (χ1) is 10.7. The Labute approximate surface area is 158 Å². The second kappa shape index (κ2) is 9.98. The highest BCUT2D eigenvalue weighted by Crippen LogP contribution is 2.31. The van der Waals surface area contributed by atoms with E-state index >= 15 is 0 Å². The number of carbonyl (C=O) groups excluding carboxylic acids is 1. The lowest BCUT2D eigenvalue weighted by Gasteiger charge is -2.13. The maximum atomic E-state index is 12.4. The zero-order valence-electron chi connectivity index (χ0n) is 15.0. The van der Waals surface area contributed by atoms with E-state index in [0.29, 0.717) is 12.2 Å². The first-order valence-electron chi connectivity index (χ1n) is 8.69. The van der Waals surface area contributed by atoms with Gasteiger partial charge in [-0.05, 0) is 51.7 Å². The van der Waals surface area contributed by atoms with Crippen LogP contribution in [-0.2, 0) is 0 Å². The molecule has 1 rings (SSSR count). The number of benzene rings is 1. The molecule has 0 radical (unpaired) electrons. The van der Waals surface area contributed by atoms with Crippen molar-refractivity contribution in [3.63, 3.8) is 0 Å². The number of Topliss-reactive ketones (excluding diaryl/α,β-unsaturated/α-hetero) is 1. The van der Waals surface area contributed by atoms with Gasteiger partial charge < -0.3 is 0 Å². The van der Waals surface area contributed by atoms with E-state index in [1.807, 2.05) is 0 Å². The first kappa shape index (κ1) is 20.9. The number of halogens is 2. The van der Waals surface area contributed by atoms with Crippen LogP contribution in [0.15, 0.2) is 12.1 Å². The van der Waals surface area contributed by atoms with Crippen LogP contribution in [0.2, 0.25) is 0 Å². The number of carbonyl (C=O) groups is 1. The molecule has 3 heteroatoms. The molecule has 0 heterocycles. The smallest absolute Gasteiger partial charge is 0.163 e. The van der Waals surface area contributed by atoms with Crippen LogP contribution in [0.4, 0.5) is 0 Å². The average Bonchev–Trinajstić information content (AvgIpc) is 2.39. The van der Waals surface area contributed by atoms with Gasteiger partial charge in [-0.3, -0.25) is 4.79 Å². The SMILES string of the molecule is Cc1cc(C)c(C(=O)CCCCCCCCC(C)(Br)Br)c(C)c1. The van der Waals surface area contributed by atoms with E-state index in [9.17, 15) is 4.79 Å². The van der Waals surface area contributed by atoms with Gasteiger partial charge in [0, 0.05) is 12.0 Å². The van der Waals surface area contributed by atoms with Crippen LogP contribution in [-0.4, -0.2) is 9.02 Å². The molecular weight excluding hydrogens is 416 g/mol. The minimum atomic E-state index is 0.0934. The largest absolute Gasteiger partial charge is 0.294 e. The van der Waals surface area contributed by atoms with Crippen LogP contribution < -0.4 is 0 Å². The molecule has 23 heavy (non-hydrogen) atoms. The maximum absolute atomic E-state index is 12.4. The van der Waals surface area contributed by atoms with Gasteiger partial charge in [-0.1, -0.05) is 81.7 Å². The molecule has 0 aliphatic heterocycles. The van der Waals surface area contributed by atoms with Crippen LogP contribution in [0, 0.1) is 20.8 Å². The first-order valence-corrected chi connectivity index (χ1v) is 10.3. The fourth-order valence-electron chi connectivity index (χ4n) is 3.17. The summed E-state index contributed by atoms with van der Waals surface area (Å²) in [5, 5.41) is 0. The summed E-state index contributed by atoms with van der Waals surface area (Å²) in [6.45, 7) is 8.33. The Morgan fingerprint density at radius 3 is 1.91 bits per heavy atom. The van der Waals surface area contributed by atoms with Crippen molar-refractivity contribution < 1.29 is 4.79 Å². The number of aryl methyl sites for hydroxylation is 3. The standard InChI is InChI=1S/C20H30Br2O/c1-15-13-16(2)19(17(3)14-15)18(23)11-9-7-5-6-8-10-12-20(4,21)22/h13-14H,5-12H2,1-4H3. The van der Waals surface area contributed by atoms with E-state index in [-0.39, 0.29) is 3.23 Å². The summed E-state index contributed by atoms with van der Waals surface area (Å²) in [5.74, 6) is 0.314. The predicted octanol–water partition coefficient (Wildman–Crippen LogP) is 7.42. The maximum Gasteiger partial charge on any atom is 0.163 e. The van der Waals surface area contributed by atoms with Crippen molar-refractivity contribution >= 4 is 37.6 Å². The Bertz CT molecular complexity index is 492. The van der Waals surface area contributed by atoms with Crippen molar-refractivity contribution in [3.8, 4) is 0 Å². The molecule has 0 fully saturated rings. The van der Waals surface area contributed by atoms with Crippen molar-refractivity contribution in [2.75, 3.05) is 0 Å². The van der Waals surface area contributed by atoms with Crippen molar-refractivity contribution in [1.82, 2.24) is 0 Å². The molecule has 0 saturated heterocycles. The van der Waals surface area contributed by atoms with Gasteiger partial charge in [0.1, 0.15) is 0 Å². The van der Waals surface area contributed by atoms with E-state index in [2.05, 4.69) is 71.7 Å². The van der Waals surface area contributed by atoms with Crippen molar-refractivity contribution in [2.24, 2.45) is 0 Å². The molecular formula is C20H30Br2O. The van der Waals surface area contributed by atoms with Crippen LogP contribution in [0.1, 0.15) is 85.3 Å². The Kier molecular flexibility index (Phi) is 9.07. The molecule has 0 aliphatic carbocycles. The number of unbranched alkanes of at least 4 members (excludes halogenated alkanes) is 5. The fraction of sp³-hybridized carbons (Fsp3) is 0.650. The molecule has 0 spiro atoms. The van der Waals surface area contributed by atoms with Gasteiger partial charge in [0.05, 0.1) is 3.23 Å². The highest BCUT2D eigenvalue weighted by Gasteiger charge is 2.14. The molecule has 0 unspecified atom stereocenters. The molecule has 1 aromatic carbocycles. The number of alkyl halides is 2. The van der Waals surface area contributed by atoms with Gasteiger partial charge in [0.2, 0.25) is 0 Å². The van der Waals surface area contributed by atoms with E-state index in [1.54, 1.807) is 0 Å². The molecule has 0 aliphatic rings. The third kappa shape index (κ3) is 8.49. The fourth-order valence-corrected chi connectivity index (χ4v) is 3.73. The van der Waals surface area contributed by atoms with Gasteiger partial charge >= 0.3 is 0 Å². The van der Waals surface area contributed by atoms with Gasteiger partial charge in [-0.25, -0.2) is 0 Å². The van der Waals surface area contributed by atoms with Crippen molar-refractivity contribution in [2.45, 2.75) is 82.3 Å². The van der Waals surface area contributed by atoms with E-state index in [1.165, 1.54) is 31.2 Å². The molecule has 0 bridgehead atoms. The van der Waals surface area contributed by atoms with Crippen molar-refractivity contribution in [3.05, 3.63) is 34.4 Å². The van der Waals surface area contributed by atoms with Gasteiger partial charge in [0.15, 0.2) is 5.78 Å². The quantitative estimate of drug-likeness (QED) is 0.208. The zero-order chi connectivity index (χ0) is 17.5. The summed E-state index contributed by atoms with van der Waals surface area (Å²) in [5.41, 5.74) is 4.43. The minimum absolute atomic E-state index is 0.0934. The summed E-state index contributed by atoms with van der Waals surface area (Å²) in [6, 6.07) is 4.23. The summed E-state index contributed by atoms with van der Waals surface area (Å²) in [4.78, 5) is 12.4. The second-order valence-corrected chi connectivity index (χ2v) is 11.5. The molecule has 0 saturated carbocycles. The summed E-state index contributed by atoms with van der Waals surface area (Å²) < 4.78 is 0.0934. The van der Waals surface area contributed by atoms with Gasteiger partial charge in [-0.2, -0.15) is 0 Å². The lowest BCUT2D eigenvalue weighted by molar-refractivity contribution is 0.0978. The Hall–Kier alpha value is -0.150. The number of rotatable bonds is 10. The number of ketones is 1. The van der Waals surface area contributed by atoms with Crippen molar-refractivity contribution in [1.29, 1.82) is 0 Å². The number of hydrogen-bond donors (Lipinski definition) is 0. The number of hydrogen-bond acceptors (Lipinski definition) is 1. The normalized spacial score (nSPS) is 11.7. The summed E-state index contributed by atoms with van der Waals surface area (Å²) in [7, 11) is 0. The minimum Gasteiger partial charge on any atom is -0.294 e. The Morgan fingerprint density at radius 2 is 1.39 bits per heavy atom. The van der Waals surface area contributed by atoms with Crippen LogP contribution in [0.25, 0.3) is 0 Å². The third-order valence-electron chi connectivity index (χ3n) is 4.23. The van der Waals surface area contributed by atoms with Gasteiger partial charge in [-0.15, -0.1) is 0 Å². The molecule has 0 aromatic heterocycles. The summed E-state index contributed by atoms with van der Waals surface area (Å²) in [6.07, 6.45) is 9.04. The van der Waals surface area contributed by atoms with E-state index in [0.717, 1.165) is 36.0 Å². The highest BCUT2D eigenvalue weighted by atomic mass is 79.9. The second-order valence-electron chi connectivity index (χ2n) is 6.89. The highest BCUT2D eigenvalue weighted by molar-refractivity contribution is 9.25. The Morgan fingerprint density at radius 1 is 0.913 bits per heavy atom. The predicted molar refractivity (Wildman–Crippen MR) is 108 cm³/mol. The molecule has 130 valence electrons. The monoisotopic (exact) mass is 444 g/mol. The van der Waals surface area contributed by atoms with Gasteiger partial charge in [0.25, 0.3) is 0 Å². The average molecular weight is 446 g/mol. The topological polar surface area (TPSA) is 17.1 Å². The lowest BCUT2D eigenvalue weighted by Crippen LogP contribution is -2.05. The van der Waals surface area contributed by atoms with E-state index < -0.39 is 0 Å². The summed E-state index contributed by atoms with van der Waals surface area (Å²) >= 11 is 7.21. The molecule has 1 nitrogen and oxygen atoms in total. The van der Waals surface area contributed by atoms with Crippen LogP contribution in [0.5, 0.6) is 0 Å².